The molecule has 39 heavy (non-hydrogen) atoms. The van der Waals surface area contributed by atoms with Crippen molar-refractivity contribution in [1.29, 1.82) is 0 Å². The fourth-order valence-corrected chi connectivity index (χ4v) is 4.60. The van der Waals surface area contributed by atoms with E-state index in [1.165, 1.54) is 0 Å². The first-order valence-electron chi connectivity index (χ1n) is 13.0. The van der Waals surface area contributed by atoms with Gasteiger partial charge >= 0.3 is 6.09 Å². The van der Waals surface area contributed by atoms with Gasteiger partial charge in [0.1, 0.15) is 11.3 Å². The van der Waals surface area contributed by atoms with Crippen LogP contribution in [0.3, 0.4) is 0 Å². The molecule has 1 fully saturated rings. The van der Waals surface area contributed by atoms with E-state index in [9.17, 15) is 4.79 Å². The van der Waals surface area contributed by atoms with E-state index in [1.54, 1.807) is 18.5 Å². The normalized spacial score (nSPS) is 17.5. The molecule has 4 aromatic rings. The standard InChI is InChI=1S/C27H32ClN9O2/c1-27(2,3)39-26(38)33-19-10-8-18(9-11-19)32-25-31-15-20-22(36-37-23(20)35-25)21-12-13-29-24(34-21)30-14-16-4-6-17(28)7-5-16/h4-7,12-13,15,18-19H,8-11,14H2,1-3H3,(H,33,38)(H,29,30,34)(H2,31,32,35,36,37). The van der Waals surface area contributed by atoms with Gasteiger partial charge < -0.3 is 20.7 Å². The van der Waals surface area contributed by atoms with Crippen LogP contribution in [0.5, 0.6) is 0 Å². The Morgan fingerprint density at radius 1 is 1.03 bits per heavy atom. The average molecular weight is 550 g/mol. The molecular weight excluding hydrogens is 518 g/mol. The van der Waals surface area contributed by atoms with Crippen molar-refractivity contribution >= 4 is 40.6 Å². The number of rotatable bonds is 7. The van der Waals surface area contributed by atoms with Crippen molar-refractivity contribution in [2.45, 2.75) is 70.7 Å². The highest BCUT2D eigenvalue weighted by Crippen LogP contribution is 2.26. The minimum atomic E-state index is -0.504. The lowest BCUT2D eigenvalue weighted by molar-refractivity contribution is 0.0492. The molecule has 1 aliphatic rings. The van der Waals surface area contributed by atoms with Crippen LogP contribution in [-0.4, -0.2) is 53.9 Å². The number of aromatic nitrogens is 6. The summed E-state index contributed by atoms with van der Waals surface area (Å²) in [7, 11) is 0. The van der Waals surface area contributed by atoms with Crippen LogP contribution in [0.1, 0.15) is 52.0 Å². The molecule has 0 bridgehead atoms. The van der Waals surface area contributed by atoms with Gasteiger partial charge in [0.15, 0.2) is 5.65 Å². The number of anilines is 2. The molecule has 0 spiro atoms. The van der Waals surface area contributed by atoms with Gasteiger partial charge in [-0.05, 0) is 70.2 Å². The second-order valence-corrected chi connectivity index (χ2v) is 11.0. The summed E-state index contributed by atoms with van der Waals surface area (Å²) in [5.41, 5.74) is 2.50. The summed E-state index contributed by atoms with van der Waals surface area (Å²) in [4.78, 5) is 30.2. The van der Waals surface area contributed by atoms with Crippen molar-refractivity contribution in [3.05, 3.63) is 53.3 Å². The fourth-order valence-electron chi connectivity index (χ4n) is 4.47. The van der Waals surface area contributed by atoms with Gasteiger partial charge in [-0.25, -0.2) is 19.7 Å². The molecule has 0 saturated heterocycles. The highest BCUT2D eigenvalue weighted by Gasteiger charge is 2.25. The number of H-pyrrole nitrogens is 1. The van der Waals surface area contributed by atoms with Crippen LogP contribution in [0.2, 0.25) is 5.02 Å². The number of halogens is 1. The lowest BCUT2D eigenvalue weighted by Crippen LogP contribution is -2.42. The molecule has 204 valence electrons. The number of fused-ring (bicyclic) bond motifs is 1. The number of nitrogens with one attached hydrogen (secondary N) is 4. The van der Waals surface area contributed by atoms with Gasteiger partial charge in [-0.2, -0.15) is 10.1 Å². The summed E-state index contributed by atoms with van der Waals surface area (Å²) in [6, 6.07) is 9.74. The number of aromatic amines is 1. The summed E-state index contributed by atoms with van der Waals surface area (Å²) >= 11 is 5.96. The molecule has 0 radical (unpaired) electrons. The van der Waals surface area contributed by atoms with E-state index in [1.807, 2.05) is 45.0 Å². The van der Waals surface area contributed by atoms with E-state index in [0.717, 1.165) is 36.6 Å². The van der Waals surface area contributed by atoms with E-state index in [-0.39, 0.29) is 18.2 Å². The topological polar surface area (TPSA) is 143 Å². The van der Waals surface area contributed by atoms with Gasteiger partial charge in [-0.15, -0.1) is 0 Å². The van der Waals surface area contributed by atoms with E-state index < -0.39 is 5.60 Å². The van der Waals surface area contributed by atoms with Gasteiger partial charge in [0, 0.05) is 36.0 Å². The summed E-state index contributed by atoms with van der Waals surface area (Å²) in [6.07, 6.45) is 6.58. The molecule has 1 aromatic carbocycles. The van der Waals surface area contributed by atoms with E-state index in [2.05, 4.69) is 46.1 Å². The quantitative estimate of drug-likeness (QED) is 0.241. The smallest absolute Gasteiger partial charge is 0.407 e. The third-order valence-electron chi connectivity index (χ3n) is 6.36. The van der Waals surface area contributed by atoms with Crippen LogP contribution in [0.25, 0.3) is 22.4 Å². The summed E-state index contributed by atoms with van der Waals surface area (Å²) in [5.74, 6) is 1.03. The predicted octanol–water partition coefficient (Wildman–Crippen LogP) is 5.32. The maximum absolute atomic E-state index is 12.1. The number of carbonyl (C=O) groups excluding carboxylic acids is 1. The Labute approximate surface area is 231 Å². The average Bonchev–Trinajstić information content (AvgIpc) is 3.32. The number of hydrogen-bond acceptors (Lipinski definition) is 9. The van der Waals surface area contributed by atoms with Crippen LogP contribution in [0.15, 0.2) is 42.7 Å². The second kappa shape index (κ2) is 11.4. The van der Waals surface area contributed by atoms with Crippen LogP contribution in [-0.2, 0) is 11.3 Å². The predicted molar refractivity (Wildman–Crippen MR) is 151 cm³/mol. The van der Waals surface area contributed by atoms with Crippen molar-refractivity contribution < 1.29 is 9.53 Å². The molecule has 1 amide bonds. The molecule has 0 atom stereocenters. The Kier molecular flexibility index (Phi) is 7.78. The van der Waals surface area contributed by atoms with Crippen LogP contribution < -0.4 is 16.0 Å². The third kappa shape index (κ3) is 7.11. The molecular formula is C27H32ClN9O2. The van der Waals surface area contributed by atoms with Gasteiger partial charge in [0.25, 0.3) is 0 Å². The first-order chi connectivity index (χ1) is 18.7. The zero-order valence-corrected chi connectivity index (χ0v) is 22.9. The number of benzene rings is 1. The Balaban J connectivity index is 1.18. The Hall–Kier alpha value is -3.99. The minimum Gasteiger partial charge on any atom is -0.444 e. The molecule has 12 heteroatoms. The number of amides is 1. The molecule has 4 N–H and O–H groups in total. The highest BCUT2D eigenvalue weighted by atomic mass is 35.5. The molecule has 0 unspecified atom stereocenters. The summed E-state index contributed by atoms with van der Waals surface area (Å²) < 4.78 is 5.37. The van der Waals surface area contributed by atoms with E-state index in [4.69, 9.17) is 16.3 Å². The van der Waals surface area contributed by atoms with Crippen molar-refractivity contribution in [1.82, 2.24) is 35.5 Å². The van der Waals surface area contributed by atoms with Crippen molar-refractivity contribution in [2.24, 2.45) is 0 Å². The van der Waals surface area contributed by atoms with Crippen molar-refractivity contribution in [3.63, 3.8) is 0 Å². The Morgan fingerprint density at radius 3 is 2.51 bits per heavy atom. The number of ether oxygens (including phenoxy) is 1. The van der Waals surface area contributed by atoms with Crippen LogP contribution >= 0.6 is 11.6 Å². The minimum absolute atomic E-state index is 0.106. The molecule has 3 aromatic heterocycles. The van der Waals surface area contributed by atoms with Gasteiger partial charge in [-0.1, -0.05) is 23.7 Å². The number of hydrogen-bond donors (Lipinski definition) is 4. The van der Waals surface area contributed by atoms with E-state index >= 15 is 0 Å². The van der Waals surface area contributed by atoms with Crippen LogP contribution in [0.4, 0.5) is 16.7 Å². The maximum Gasteiger partial charge on any atom is 0.407 e. The van der Waals surface area contributed by atoms with Crippen LogP contribution in [0, 0.1) is 0 Å². The van der Waals surface area contributed by atoms with Gasteiger partial charge in [-0.3, -0.25) is 5.10 Å². The largest absolute Gasteiger partial charge is 0.444 e. The molecule has 5 rings (SSSR count). The zero-order chi connectivity index (χ0) is 27.4. The first kappa shape index (κ1) is 26.6. The molecule has 3 heterocycles. The van der Waals surface area contributed by atoms with Crippen molar-refractivity contribution in [2.75, 3.05) is 10.6 Å². The number of carbonyl (C=O) groups is 1. The molecule has 0 aliphatic heterocycles. The molecule has 11 nitrogen and oxygen atoms in total. The third-order valence-corrected chi connectivity index (χ3v) is 6.61. The molecule has 1 aliphatic carbocycles. The maximum atomic E-state index is 12.1. The number of alkyl carbamates (subject to hydrolysis) is 1. The lowest BCUT2D eigenvalue weighted by atomic mass is 9.91. The first-order valence-corrected chi connectivity index (χ1v) is 13.4. The van der Waals surface area contributed by atoms with E-state index in [0.29, 0.717) is 40.5 Å². The zero-order valence-electron chi connectivity index (χ0n) is 22.2. The SMILES string of the molecule is CC(C)(C)OC(=O)NC1CCC(Nc2ncc3c(-c4ccnc(NCc5ccc(Cl)cc5)n4)n[nH]c3n2)CC1. The van der Waals surface area contributed by atoms with Crippen molar-refractivity contribution in [3.8, 4) is 11.4 Å². The molecule has 1 saturated carbocycles. The number of nitrogens with zero attached hydrogens (tertiary/aromatic N) is 5. The van der Waals surface area contributed by atoms with Gasteiger partial charge in [0.05, 0.1) is 11.1 Å². The monoisotopic (exact) mass is 549 g/mol. The second-order valence-electron chi connectivity index (χ2n) is 10.6. The summed E-state index contributed by atoms with van der Waals surface area (Å²) in [5, 5.41) is 18.5. The fraction of sp³-hybridized carbons (Fsp3) is 0.407. The van der Waals surface area contributed by atoms with Gasteiger partial charge in [0.2, 0.25) is 11.9 Å². The highest BCUT2D eigenvalue weighted by molar-refractivity contribution is 6.30. The Morgan fingerprint density at radius 2 is 1.77 bits per heavy atom. The summed E-state index contributed by atoms with van der Waals surface area (Å²) in [6.45, 7) is 6.15. The Bertz CT molecular complexity index is 1430. The lowest BCUT2D eigenvalue weighted by Gasteiger charge is -2.30.